The number of hydrogen-bond donors (Lipinski definition) is 0. The average Bonchev–Trinajstić information content (AvgIpc) is 2.68. The molecular formula is C24H51N3O. The Balaban J connectivity index is 0.000000483. The minimum Gasteiger partial charge on any atom is -0.341 e. The standard InChI is InChI=1S/C13H27N.C9H18N2O.C2H6/c1-5-12(2)8-11-14-10-7-6-9-13(14,3)4;1-10(2)7-8-11-6-4-3-5-9(11)12;1-2/h12H,5-11H2,1-4H3;3-8H2,1-2H3;1-2H3. The molecule has 2 aliphatic rings. The molecule has 0 N–H and O–H groups in total. The van der Waals surface area contributed by atoms with Crippen LogP contribution in [0.4, 0.5) is 0 Å². The van der Waals surface area contributed by atoms with Gasteiger partial charge in [0.05, 0.1) is 0 Å². The molecule has 0 aliphatic carbocycles. The first-order chi connectivity index (χ1) is 13.3. The van der Waals surface area contributed by atoms with E-state index in [2.05, 4.69) is 37.5 Å². The fraction of sp³-hybridized carbons (Fsp3) is 0.958. The maximum absolute atomic E-state index is 11.3. The number of amides is 1. The monoisotopic (exact) mass is 397 g/mol. The van der Waals surface area contributed by atoms with Gasteiger partial charge in [0.2, 0.25) is 5.91 Å². The van der Waals surface area contributed by atoms with Crippen molar-refractivity contribution in [2.24, 2.45) is 5.92 Å². The van der Waals surface area contributed by atoms with E-state index in [4.69, 9.17) is 0 Å². The van der Waals surface area contributed by atoms with Gasteiger partial charge in [-0.1, -0.05) is 40.5 Å². The van der Waals surface area contributed by atoms with Crippen LogP contribution < -0.4 is 0 Å². The number of likely N-dealkylation sites (N-methyl/N-ethyl adjacent to an activating group) is 1. The van der Waals surface area contributed by atoms with Crippen molar-refractivity contribution in [2.45, 2.75) is 98.4 Å². The fourth-order valence-electron chi connectivity index (χ4n) is 3.73. The van der Waals surface area contributed by atoms with Crippen LogP contribution in [0, 0.1) is 5.92 Å². The van der Waals surface area contributed by atoms with E-state index in [1.54, 1.807) is 0 Å². The third-order valence-electron chi connectivity index (χ3n) is 6.15. The highest BCUT2D eigenvalue weighted by atomic mass is 16.2. The highest BCUT2D eigenvalue weighted by Crippen LogP contribution is 2.27. The number of hydrogen-bond acceptors (Lipinski definition) is 3. The third kappa shape index (κ3) is 11.4. The summed E-state index contributed by atoms with van der Waals surface area (Å²) in [5.41, 5.74) is 0.464. The van der Waals surface area contributed by atoms with Gasteiger partial charge in [0.1, 0.15) is 0 Å². The second-order valence-corrected chi connectivity index (χ2v) is 9.20. The second-order valence-electron chi connectivity index (χ2n) is 9.20. The average molecular weight is 398 g/mol. The normalized spacial score (nSPS) is 20.8. The predicted octanol–water partition coefficient (Wildman–Crippen LogP) is 5.27. The van der Waals surface area contributed by atoms with Gasteiger partial charge in [0.15, 0.2) is 0 Å². The Morgan fingerprint density at radius 2 is 1.68 bits per heavy atom. The van der Waals surface area contributed by atoms with Gasteiger partial charge in [-0.15, -0.1) is 0 Å². The maximum atomic E-state index is 11.3. The van der Waals surface area contributed by atoms with Crippen LogP contribution in [0.3, 0.4) is 0 Å². The van der Waals surface area contributed by atoms with E-state index < -0.39 is 0 Å². The Kier molecular flexibility index (Phi) is 14.9. The summed E-state index contributed by atoms with van der Waals surface area (Å²) < 4.78 is 0. The summed E-state index contributed by atoms with van der Waals surface area (Å²) in [6.45, 7) is 18.9. The van der Waals surface area contributed by atoms with Crippen molar-refractivity contribution in [3.8, 4) is 0 Å². The Bertz CT molecular complexity index is 395. The number of rotatable bonds is 7. The molecule has 4 nitrogen and oxygen atoms in total. The molecule has 0 bridgehead atoms. The molecule has 28 heavy (non-hydrogen) atoms. The Morgan fingerprint density at radius 3 is 2.21 bits per heavy atom. The number of carbonyl (C=O) groups is 1. The van der Waals surface area contributed by atoms with Crippen molar-refractivity contribution < 1.29 is 4.79 Å². The van der Waals surface area contributed by atoms with Crippen LogP contribution in [0.5, 0.6) is 0 Å². The van der Waals surface area contributed by atoms with E-state index in [0.717, 1.165) is 38.4 Å². The molecule has 1 atom stereocenters. The van der Waals surface area contributed by atoms with Gasteiger partial charge in [0, 0.05) is 31.6 Å². The van der Waals surface area contributed by atoms with Crippen LogP contribution in [0.2, 0.25) is 0 Å². The molecule has 2 aliphatic heterocycles. The molecule has 2 saturated heterocycles. The van der Waals surface area contributed by atoms with Crippen LogP contribution in [-0.2, 0) is 4.79 Å². The summed E-state index contributed by atoms with van der Waals surface area (Å²) in [7, 11) is 4.07. The van der Waals surface area contributed by atoms with Crippen molar-refractivity contribution in [3.63, 3.8) is 0 Å². The van der Waals surface area contributed by atoms with Crippen LogP contribution in [0.15, 0.2) is 0 Å². The molecule has 0 aromatic carbocycles. The first kappa shape index (κ1) is 27.4. The summed E-state index contributed by atoms with van der Waals surface area (Å²) in [6.07, 6.45) is 9.93. The van der Waals surface area contributed by atoms with E-state index in [-0.39, 0.29) is 0 Å². The summed E-state index contributed by atoms with van der Waals surface area (Å²) >= 11 is 0. The molecule has 0 spiro atoms. The van der Waals surface area contributed by atoms with E-state index >= 15 is 0 Å². The lowest BCUT2D eigenvalue weighted by Crippen LogP contribution is -2.47. The van der Waals surface area contributed by atoms with Gasteiger partial charge in [-0.3, -0.25) is 9.69 Å². The molecule has 1 unspecified atom stereocenters. The number of piperidine rings is 2. The second kappa shape index (κ2) is 15.3. The van der Waals surface area contributed by atoms with Gasteiger partial charge in [-0.2, -0.15) is 0 Å². The lowest BCUT2D eigenvalue weighted by molar-refractivity contribution is -0.133. The topological polar surface area (TPSA) is 26.8 Å². The Hall–Kier alpha value is -0.610. The lowest BCUT2D eigenvalue weighted by Gasteiger charge is -2.43. The minimum atomic E-state index is 0.336. The van der Waals surface area contributed by atoms with Gasteiger partial charge in [-0.05, 0) is 79.1 Å². The van der Waals surface area contributed by atoms with Crippen molar-refractivity contribution in [3.05, 3.63) is 0 Å². The summed E-state index contributed by atoms with van der Waals surface area (Å²) in [6, 6.07) is 0. The molecule has 0 aromatic heterocycles. The number of likely N-dealkylation sites (tertiary alicyclic amines) is 2. The van der Waals surface area contributed by atoms with Crippen molar-refractivity contribution in [1.29, 1.82) is 0 Å². The zero-order chi connectivity index (χ0) is 21.6. The third-order valence-corrected chi connectivity index (χ3v) is 6.15. The summed E-state index contributed by atoms with van der Waals surface area (Å²) in [4.78, 5) is 18.1. The van der Waals surface area contributed by atoms with Gasteiger partial charge >= 0.3 is 0 Å². The lowest BCUT2D eigenvalue weighted by atomic mass is 9.89. The van der Waals surface area contributed by atoms with Crippen LogP contribution in [0.25, 0.3) is 0 Å². The quantitative estimate of drug-likeness (QED) is 0.585. The van der Waals surface area contributed by atoms with E-state index in [0.29, 0.717) is 11.4 Å². The number of nitrogens with zero attached hydrogens (tertiary/aromatic N) is 3. The highest BCUT2D eigenvalue weighted by Gasteiger charge is 2.29. The molecule has 0 radical (unpaired) electrons. The van der Waals surface area contributed by atoms with E-state index in [9.17, 15) is 4.79 Å². The van der Waals surface area contributed by atoms with Crippen molar-refractivity contribution in [1.82, 2.24) is 14.7 Å². The molecule has 4 heteroatoms. The molecule has 2 fully saturated rings. The van der Waals surface area contributed by atoms with E-state index in [1.807, 2.05) is 32.8 Å². The molecule has 0 saturated carbocycles. The highest BCUT2D eigenvalue weighted by molar-refractivity contribution is 5.76. The summed E-state index contributed by atoms with van der Waals surface area (Å²) in [5, 5.41) is 0. The zero-order valence-corrected chi connectivity index (χ0v) is 20.5. The molecule has 2 heterocycles. The predicted molar refractivity (Wildman–Crippen MR) is 124 cm³/mol. The molecular weight excluding hydrogens is 346 g/mol. The molecule has 2 rings (SSSR count). The Labute approximate surface area is 177 Å². The van der Waals surface area contributed by atoms with Crippen LogP contribution in [-0.4, -0.2) is 73.0 Å². The number of carbonyl (C=O) groups excluding carboxylic acids is 1. The van der Waals surface area contributed by atoms with Gasteiger partial charge in [0.25, 0.3) is 0 Å². The smallest absolute Gasteiger partial charge is 0.222 e. The van der Waals surface area contributed by atoms with Crippen LogP contribution >= 0.6 is 0 Å². The van der Waals surface area contributed by atoms with E-state index in [1.165, 1.54) is 51.6 Å². The maximum Gasteiger partial charge on any atom is 0.222 e. The minimum absolute atomic E-state index is 0.336. The van der Waals surface area contributed by atoms with Crippen LogP contribution in [0.1, 0.15) is 92.9 Å². The fourth-order valence-corrected chi connectivity index (χ4v) is 3.73. The molecule has 1 amide bonds. The van der Waals surface area contributed by atoms with Gasteiger partial charge in [-0.25, -0.2) is 0 Å². The summed E-state index contributed by atoms with van der Waals surface area (Å²) in [5.74, 6) is 1.23. The molecule has 168 valence electrons. The SMILES string of the molecule is CC.CCC(C)CCN1CCCCC1(C)C.CN(C)CCN1CCCCC1=O. The Morgan fingerprint density at radius 1 is 1.04 bits per heavy atom. The first-order valence-electron chi connectivity index (χ1n) is 11.9. The van der Waals surface area contributed by atoms with Crippen molar-refractivity contribution in [2.75, 3.05) is 46.8 Å². The zero-order valence-electron chi connectivity index (χ0n) is 20.5. The van der Waals surface area contributed by atoms with Crippen molar-refractivity contribution >= 4 is 5.91 Å². The molecule has 0 aromatic rings. The van der Waals surface area contributed by atoms with Gasteiger partial charge < -0.3 is 9.80 Å². The first-order valence-corrected chi connectivity index (χ1v) is 11.9. The largest absolute Gasteiger partial charge is 0.341 e.